The standard InChI is InChI=1S/C17H16Br2N2O3S/c1-4-24-16(22)13-9(2)20-17-21(5-6-25-17)14(13)11-7-10(18)8-12(19)15(11)23-3/h5-8,14H,4H2,1-3H3/t14-/m1/s1. The molecular weight excluding hydrogens is 472 g/mol. The van der Waals surface area contributed by atoms with Crippen LogP contribution in [0.5, 0.6) is 5.75 Å². The molecule has 2 aliphatic rings. The zero-order chi connectivity index (χ0) is 18.1. The first kappa shape index (κ1) is 18.5. The van der Waals surface area contributed by atoms with Crippen LogP contribution in [0.15, 0.2) is 48.9 Å². The molecule has 0 aliphatic carbocycles. The number of carbonyl (C=O) groups is 1. The highest BCUT2D eigenvalue weighted by molar-refractivity contribution is 9.11. The Morgan fingerprint density at radius 3 is 2.84 bits per heavy atom. The summed E-state index contributed by atoms with van der Waals surface area (Å²) in [5, 5.41) is 2.78. The second kappa shape index (κ2) is 7.55. The Bertz CT molecular complexity index is 820. The number of ether oxygens (including phenoxy) is 2. The van der Waals surface area contributed by atoms with Crippen LogP contribution in [-0.2, 0) is 9.53 Å². The van der Waals surface area contributed by atoms with Crippen molar-refractivity contribution < 1.29 is 14.3 Å². The number of nitrogens with zero attached hydrogens (tertiary/aromatic N) is 2. The van der Waals surface area contributed by atoms with E-state index >= 15 is 0 Å². The minimum Gasteiger partial charge on any atom is -0.495 e. The third kappa shape index (κ3) is 3.39. The van der Waals surface area contributed by atoms with Crippen molar-refractivity contribution in [2.45, 2.75) is 19.9 Å². The molecule has 0 saturated carbocycles. The van der Waals surface area contributed by atoms with Crippen molar-refractivity contribution in [2.24, 2.45) is 4.99 Å². The first-order chi connectivity index (χ1) is 12.0. The Balaban J connectivity index is 2.22. The third-order valence-corrected chi connectivity index (χ3v) is 5.67. The molecule has 0 fully saturated rings. The second-order valence-corrected chi connectivity index (χ2v) is 7.98. The van der Waals surface area contributed by atoms with Gasteiger partial charge in [-0.15, -0.1) is 0 Å². The van der Waals surface area contributed by atoms with Gasteiger partial charge >= 0.3 is 5.97 Å². The van der Waals surface area contributed by atoms with Crippen molar-refractivity contribution in [2.75, 3.05) is 13.7 Å². The fraction of sp³-hybridized carbons (Fsp3) is 0.294. The van der Waals surface area contributed by atoms with Crippen LogP contribution in [0.3, 0.4) is 0 Å². The predicted molar refractivity (Wildman–Crippen MR) is 106 cm³/mol. The summed E-state index contributed by atoms with van der Waals surface area (Å²) in [6.45, 7) is 3.94. The van der Waals surface area contributed by atoms with E-state index in [9.17, 15) is 4.79 Å². The van der Waals surface area contributed by atoms with Crippen molar-refractivity contribution in [1.82, 2.24) is 4.90 Å². The molecule has 0 aromatic heterocycles. The predicted octanol–water partition coefficient (Wildman–Crippen LogP) is 4.99. The summed E-state index contributed by atoms with van der Waals surface area (Å²) in [6, 6.07) is 3.50. The molecule has 2 aliphatic heterocycles. The van der Waals surface area contributed by atoms with Crippen LogP contribution in [-0.4, -0.2) is 29.8 Å². The minimum atomic E-state index is -0.374. The molecule has 0 radical (unpaired) electrons. The number of aliphatic imine (C=N–C) groups is 1. The molecule has 0 unspecified atom stereocenters. The van der Waals surface area contributed by atoms with Crippen molar-refractivity contribution >= 4 is 54.8 Å². The van der Waals surface area contributed by atoms with Crippen molar-refractivity contribution in [3.05, 3.63) is 49.5 Å². The van der Waals surface area contributed by atoms with Gasteiger partial charge in [-0.05, 0) is 47.3 Å². The molecule has 3 rings (SSSR count). The molecule has 1 aromatic carbocycles. The maximum Gasteiger partial charge on any atom is 0.338 e. The van der Waals surface area contributed by atoms with E-state index in [-0.39, 0.29) is 12.0 Å². The van der Waals surface area contributed by atoms with Gasteiger partial charge in [0.25, 0.3) is 0 Å². The van der Waals surface area contributed by atoms with Gasteiger partial charge < -0.3 is 14.4 Å². The zero-order valence-corrected chi connectivity index (χ0v) is 17.9. The molecule has 0 N–H and O–H groups in total. The summed E-state index contributed by atoms with van der Waals surface area (Å²) in [5.41, 5.74) is 2.02. The number of halogens is 2. The summed E-state index contributed by atoms with van der Waals surface area (Å²) in [5.74, 6) is 0.311. The van der Waals surface area contributed by atoms with Crippen LogP contribution in [0, 0.1) is 0 Å². The quantitative estimate of drug-likeness (QED) is 0.560. The first-order valence-corrected chi connectivity index (χ1v) is 10.1. The van der Waals surface area contributed by atoms with E-state index in [1.54, 1.807) is 14.0 Å². The number of carbonyl (C=O) groups excluding carboxylic acids is 1. The Hall–Kier alpha value is -1.25. The highest BCUT2D eigenvalue weighted by atomic mass is 79.9. The van der Waals surface area contributed by atoms with E-state index in [2.05, 4.69) is 36.9 Å². The highest BCUT2D eigenvalue weighted by Gasteiger charge is 2.39. The lowest BCUT2D eigenvalue weighted by Crippen LogP contribution is -2.34. The molecule has 0 saturated heterocycles. The van der Waals surface area contributed by atoms with Crippen molar-refractivity contribution in [3.63, 3.8) is 0 Å². The Kier molecular flexibility index (Phi) is 5.60. The van der Waals surface area contributed by atoms with Crippen LogP contribution in [0.2, 0.25) is 0 Å². The molecule has 2 heterocycles. The van der Waals surface area contributed by atoms with E-state index in [0.717, 1.165) is 19.7 Å². The Morgan fingerprint density at radius 1 is 1.40 bits per heavy atom. The first-order valence-electron chi connectivity index (χ1n) is 7.59. The van der Waals surface area contributed by atoms with E-state index in [1.165, 1.54) is 11.8 Å². The van der Waals surface area contributed by atoms with E-state index in [1.807, 2.05) is 35.6 Å². The monoisotopic (exact) mass is 486 g/mol. The molecule has 0 bridgehead atoms. The molecule has 132 valence electrons. The van der Waals surface area contributed by atoms with Crippen LogP contribution >= 0.6 is 43.6 Å². The lowest BCUT2D eigenvalue weighted by molar-refractivity contribution is -0.139. The smallest absolute Gasteiger partial charge is 0.338 e. The van der Waals surface area contributed by atoms with Gasteiger partial charge in [-0.2, -0.15) is 0 Å². The van der Waals surface area contributed by atoms with Crippen molar-refractivity contribution in [1.29, 1.82) is 0 Å². The van der Waals surface area contributed by atoms with Gasteiger partial charge in [0.2, 0.25) is 0 Å². The summed E-state index contributed by atoms with van der Waals surface area (Å²) in [7, 11) is 1.62. The number of hydrogen-bond donors (Lipinski definition) is 0. The number of benzene rings is 1. The van der Waals surface area contributed by atoms with Gasteiger partial charge in [-0.1, -0.05) is 27.7 Å². The second-order valence-electron chi connectivity index (χ2n) is 5.34. The summed E-state index contributed by atoms with van der Waals surface area (Å²) in [4.78, 5) is 19.2. The highest BCUT2D eigenvalue weighted by Crippen LogP contribution is 2.46. The number of rotatable bonds is 4. The number of allylic oxidation sites excluding steroid dienone is 1. The lowest BCUT2D eigenvalue weighted by atomic mass is 9.94. The summed E-state index contributed by atoms with van der Waals surface area (Å²) < 4.78 is 12.6. The van der Waals surface area contributed by atoms with Gasteiger partial charge in [-0.25, -0.2) is 9.79 Å². The van der Waals surface area contributed by atoms with Gasteiger partial charge in [0.15, 0.2) is 5.17 Å². The Morgan fingerprint density at radius 2 is 2.16 bits per heavy atom. The summed E-state index contributed by atoms with van der Waals surface area (Å²) >= 11 is 8.59. The van der Waals surface area contributed by atoms with Gasteiger partial charge in [-0.3, -0.25) is 0 Å². The van der Waals surface area contributed by atoms with Crippen LogP contribution in [0.1, 0.15) is 25.5 Å². The number of thioether (sulfide) groups is 1. The lowest BCUT2D eigenvalue weighted by Gasteiger charge is -2.34. The van der Waals surface area contributed by atoms with Crippen LogP contribution < -0.4 is 4.74 Å². The van der Waals surface area contributed by atoms with Gasteiger partial charge in [0.05, 0.1) is 35.5 Å². The zero-order valence-electron chi connectivity index (χ0n) is 13.9. The molecule has 1 atom stereocenters. The number of amidine groups is 1. The average molecular weight is 488 g/mol. The molecule has 0 amide bonds. The maximum absolute atomic E-state index is 12.7. The third-order valence-electron chi connectivity index (χ3n) is 3.85. The van der Waals surface area contributed by atoms with E-state index < -0.39 is 0 Å². The SMILES string of the molecule is CCOC(=O)C1=C(C)N=C2SC=CN2[C@@H]1c1cc(Br)cc(Br)c1OC. The topological polar surface area (TPSA) is 51.1 Å². The molecule has 1 aromatic rings. The van der Waals surface area contributed by atoms with Crippen LogP contribution in [0.4, 0.5) is 0 Å². The normalized spacial score (nSPS) is 19.0. The fourth-order valence-corrected chi connectivity index (χ4v) is 5.09. The molecule has 8 heteroatoms. The van der Waals surface area contributed by atoms with Gasteiger partial charge in [0.1, 0.15) is 5.75 Å². The summed E-state index contributed by atoms with van der Waals surface area (Å²) in [6.07, 6.45) is 1.92. The average Bonchev–Trinajstić information content (AvgIpc) is 3.00. The largest absolute Gasteiger partial charge is 0.495 e. The van der Waals surface area contributed by atoms with E-state index in [0.29, 0.717) is 23.6 Å². The molecular formula is C17H16Br2N2O3S. The number of fused-ring (bicyclic) bond motifs is 1. The maximum atomic E-state index is 12.7. The molecule has 25 heavy (non-hydrogen) atoms. The van der Waals surface area contributed by atoms with E-state index in [4.69, 9.17) is 9.47 Å². The van der Waals surface area contributed by atoms with Crippen LogP contribution in [0.25, 0.3) is 0 Å². The molecule has 0 spiro atoms. The Labute approximate surface area is 167 Å². The number of methoxy groups -OCH3 is 1. The van der Waals surface area contributed by atoms with Crippen molar-refractivity contribution in [3.8, 4) is 5.75 Å². The minimum absolute atomic E-state index is 0.308. The number of esters is 1. The number of hydrogen-bond acceptors (Lipinski definition) is 6. The molecule has 5 nitrogen and oxygen atoms in total. The van der Waals surface area contributed by atoms with Gasteiger partial charge in [0, 0.05) is 16.2 Å². The fourth-order valence-electron chi connectivity index (χ4n) is 2.87.